The Balaban J connectivity index is 1.99. The molecular formula is C10H13NO2. The first kappa shape index (κ1) is 8.51. The van der Waals surface area contributed by atoms with Gasteiger partial charge >= 0.3 is 0 Å². The van der Waals surface area contributed by atoms with Crippen LogP contribution < -0.4 is 5.73 Å². The van der Waals surface area contributed by atoms with Crippen LogP contribution in [0.4, 0.5) is 0 Å². The number of furan rings is 1. The van der Waals surface area contributed by atoms with Crippen molar-refractivity contribution in [2.24, 2.45) is 5.73 Å². The zero-order valence-corrected chi connectivity index (χ0v) is 7.45. The fraction of sp³-hybridized carbons (Fsp3) is 0.500. The molecule has 0 aromatic carbocycles. The van der Waals surface area contributed by atoms with Crippen LogP contribution >= 0.6 is 0 Å². The van der Waals surface area contributed by atoms with Crippen LogP contribution in [0.1, 0.15) is 24.8 Å². The van der Waals surface area contributed by atoms with Gasteiger partial charge in [-0.25, -0.2) is 0 Å². The molecule has 0 radical (unpaired) electrons. The summed E-state index contributed by atoms with van der Waals surface area (Å²) in [5, 5.41) is 0. The number of rotatable bonds is 3. The second-order valence-corrected chi connectivity index (χ2v) is 3.74. The molecule has 0 aliphatic heterocycles. The summed E-state index contributed by atoms with van der Waals surface area (Å²) in [7, 11) is 0. The fourth-order valence-electron chi connectivity index (χ4n) is 1.59. The summed E-state index contributed by atoms with van der Waals surface area (Å²) in [5.74, 6) is 0.139. The number of hydrogen-bond donors (Lipinski definition) is 1. The standard InChI is InChI=1S/C10H13NO2/c11-10(3-1-4-10)9(12)6-8-2-5-13-7-8/h2,5,7H,1,3-4,6,11H2. The molecule has 1 fully saturated rings. The zero-order valence-electron chi connectivity index (χ0n) is 7.45. The van der Waals surface area contributed by atoms with Crippen LogP contribution in [0.5, 0.6) is 0 Å². The van der Waals surface area contributed by atoms with E-state index in [0.717, 1.165) is 24.8 Å². The first-order valence-electron chi connectivity index (χ1n) is 4.54. The zero-order chi connectivity index (χ0) is 9.31. The first-order chi connectivity index (χ1) is 6.21. The molecule has 1 aromatic heterocycles. The molecule has 3 nitrogen and oxygen atoms in total. The third kappa shape index (κ3) is 1.52. The Morgan fingerprint density at radius 1 is 1.62 bits per heavy atom. The van der Waals surface area contributed by atoms with Crippen molar-refractivity contribution in [3.63, 3.8) is 0 Å². The summed E-state index contributed by atoms with van der Waals surface area (Å²) in [5.41, 5.74) is 6.27. The minimum absolute atomic E-state index is 0.139. The second-order valence-electron chi connectivity index (χ2n) is 3.74. The van der Waals surface area contributed by atoms with Crippen LogP contribution in [-0.2, 0) is 11.2 Å². The highest BCUT2D eigenvalue weighted by molar-refractivity contribution is 5.90. The van der Waals surface area contributed by atoms with Gasteiger partial charge in [0, 0.05) is 6.42 Å². The second kappa shape index (κ2) is 3.00. The lowest BCUT2D eigenvalue weighted by Gasteiger charge is -2.36. The van der Waals surface area contributed by atoms with Gasteiger partial charge in [-0.05, 0) is 30.9 Å². The molecule has 0 bridgehead atoms. The molecule has 0 atom stereocenters. The summed E-state index contributed by atoms with van der Waals surface area (Å²) in [6.07, 6.45) is 6.33. The number of hydrogen-bond acceptors (Lipinski definition) is 3. The fourth-order valence-corrected chi connectivity index (χ4v) is 1.59. The van der Waals surface area contributed by atoms with Crippen molar-refractivity contribution < 1.29 is 9.21 Å². The van der Waals surface area contributed by atoms with Crippen LogP contribution in [0.15, 0.2) is 23.0 Å². The minimum Gasteiger partial charge on any atom is -0.472 e. The number of ketones is 1. The predicted molar refractivity (Wildman–Crippen MR) is 48.2 cm³/mol. The molecule has 0 amide bonds. The van der Waals surface area contributed by atoms with Crippen molar-refractivity contribution >= 4 is 5.78 Å². The van der Waals surface area contributed by atoms with Crippen LogP contribution in [0.2, 0.25) is 0 Å². The average molecular weight is 179 g/mol. The molecule has 3 heteroatoms. The highest BCUT2D eigenvalue weighted by atomic mass is 16.3. The van der Waals surface area contributed by atoms with Crippen molar-refractivity contribution in [1.82, 2.24) is 0 Å². The lowest BCUT2D eigenvalue weighted by molar-refractivity contribution is -0.126. The lowest BCUT2D eigenvalue weighted by Crippen LogP contribution is -2.54. The normalized spacial score (nSPS) is 19.5. The van der Waals surface area contributed by atoms with E-state index in [2.05, 4.69) is 0 Å². The smallest absolute Gasteiger partial charge is 0.157 e. The quantitative estimate of drug-likeness (QED) is 0.760. The van der Waals surface area contributed by atoms with Gasteiger partial charge in [-0.2, -0.15) is 0 Å². The Labute approximate surface area is 76.9 Å². The highest BCUT2D eigenvalue weighted by Gasteiger charge is 2.39. The van der Waals surface area contributed by atoms with Crippen molar-refractivity contribution in [3.8, 4) is 0 Å². The maximum Gasteiger partial charge on any atom is 0.157 e. The monoisotopic (exact) mass is 179 g/mol. The van der Waals surface area contributed by atoms with Gasteiger partial charge in [0.05, 0.1) is 18.1 Å². The molecule has 0 saturated heterocycles. The van der Waals surface area contributed by atoms with Gasteiger partial charge in [-0.1, -0.05) is 0 Å². The molecule has 0 spiro atoms. The largest absolute Gasteiger partial charge is 0.472 e. The lowest BCUT2D eigenvalue weighted by atomic mass is 9.73. The van der Waals surface area contributed by atoms with Crippen molar-refractivity contribution in [2.45, 2.75) is 31.2 Å². The number of nitrogens with two attached hydrogens (primary N) is 1. The molecule has 0 unspecified atom stereocenters. The Morgan fingerprint density at radius 2 is 2.38 bits per heavy atom. The molecule has 1 saturated carbocycles. The molecule has 2 rings (SSSR count). The van der Waals surface area contributed by atoms with E-state index in [1.165, 1.54) is 0 Å². The van der Waals surface area contributed by atoms with E-state index in [9.17, 15) is 4.79 Å². The Bertz CT molecular complexity index is 299. The van der Waals surface area contributed by atoms with Gasteiger partial charge in [0.2, 0.25) is 0 Å². The molecular weight excluding hydrogens is 166 g/mol. The maximum absolute atomic E-state index is 11.6. The third-order valence-electron chi connectivity index (χ3n) is 2.75. The van der Waals surface area contributed by atoms with Gasteiger partial charge in [0.15, 0.2) is 5.78 Å². The average Bonchev–Trinajstić information content (AvgIpc) is 2.52. The maximum atomic E-state index is 11.6. The van der Waals surface area contributed by atoms with Crippen molar-refractivity contribution in [2.75, 3.05) is 0 Å². The van der Waals surface area contributed by atoms with Crippen LogP contribution in [0, 0.1) is 0 Å². The number of carbonyl (C=O) groups is 1. The van der Waals surface area contributed by atoms with E-state index in [4.69, 9.17) is 10.2 Å². The van der Waals surface area contributed by atoms with E-state index < -0.39 is 5.54 Å². The van der Waals surface area contributed by atoms with Crippen molar-refractivity contribution in [1.29, 1.82) is 0 Å². The predicted octanol–water partition coefficient (Wildman–Crippen LogP) is 1.27. The summed E-state index contributed by atoms with van der Waals surface area (Å²) in [6.45, 7) is 0. The van der Waals surface area contributed by atoms with E-state index in [1.54, 1.807) is 18.6 Å². The molecule has 1 aromatic rings. The van der Waals surface area contributed by atoms with Gasteiger partial charge in [-0.15, -0.1) is 0 Å². The Morgan fingerprint density at radius 3 is 2.85 bits per heavy atom. The van der Waals surface area contributed by atoms with Crippen LogP contribution in [0.25, 0.3) is 0 Å². The van der Waals surface area contributed by atoms with E-state index in [-0.39, 0.29) is 5.78 Å². The van der Waals surface area contributed by atoms with Gasteiger partial charge in [-0.3, -0.25) is 4.79 Å². The van der Waals surface area contributed by atoms with Gasteiger partial charge in [0.1, 0.15) is 0 Å². The van der Waals surface area contributed by atoms with Crippen molar-refractivity contribution in [3.05, 3.63) is 24.2 Å². The molecule has 1 heterocycles. The van der Waals surface area contributed by atoms with Crippen LogP contribution in [-0.4, -0.2) is 11.3 Å². The van der Waals surface area contributed by atoms with Gasteiger partial charge < -0.3 is 10.2 Å². The molecule has 2 N–H and O–H groups in total. The number of Topliss-reactive ketones (excluding diaryl/α,β-unsaturated/α-hetero) is 1. The van der Waals surface area contributed by atoms with E-state index in [1.807, 2.05) is 0 Å². The summed E-state index contributed by atoms with van der Waals surface area (Å²) >= 11 is 0. The third-order valence-corrected chi connectivity index (χ3v) is 2.75. The summed E-state index contributed by atoms with van der Waals surface area (Å²) in [6, 6.07) is 1.81. The van der Waals surface area contributed by atoms with Gasteiger partial charge in [0.25, 0.3) is 0 Å². The SMILES string of the molecule is NC1(C(=O)Cc2ccoc2)CCC1. The topological polar surface area (TPSA) is 56.2 Å². The molecule has 70 valence electrons. The first-order valence-corrected chi connectivity index (χ1v) is 4.54. The molecule has 1 aliphatic carbocycles. The van der Waals surface area contributed by atoms with Crippen LogP contribution in [0.3, 0.4) is 0 Å². The Kier molecular flexibility index (Phi) is 1.96. The highest BCUT2D eigenvalue weighted by Crippen LogP contribution is 2.30. The van der Waals surface area contributed by atoms with E-state index in [0.29, 0.717) is 6.42 Å². The summed E-state index contributed by atoms with van der Waals surface area (Å²) < 4.78 is 4.89. The molecule has 1 aliphatic rings. The minimum atomic E-state index is -0.530. The summed E-state index contributed by atoms with van der Waals surface area (Å²) in [4.78, 5) is 11.6. The Hall–Kier alpha value is -1.09. The number of carbonyl (C=O) groups excluding carboxylic acids is 1. The molecule has 13 heavy (non-hydrogen) atoms. The van der Waals surface area contributed by atoms with E-state index >= 15 is 0 Å².